The standard InChI is InChI=1S/C18H26BrNO/c1-21-17-15(13-6-2-3-7-13)10-14(11-16(17)19)18(12-20)8-4-5-9-18/h10-11,13H,2-9,12,20H2,1H3. The molecular weight excluding hydrogens is 326 g/mol. The maximum absolute atomic E-state index is 6.18. The largest absolute Gasteiger partial charge is 0.495 e. The van der Waals surface area contributed by atoms with Crippen LogP contribution >= 0.6 is 15.9 Å². The number of benzene rings is 1. The molecule has 0 radical (unpaired) electrons. The van der Waals surface area contributed by atoms with Crippen LogP contribution in [0.15, 0.2) is 16.6 Å². The van der Waals surface area contributed by atoms with Crippen molar-refractivity contribution >= 4 is 15.9 Å². The van der Waals surface area contributed by atoms with Crippen LogP contribution < -0.4 is 10.5 Å². The lowest BCUT2D eigenvalue weighted by molar-refractivity contribution is 0.399. The van der Waals surface area contributed by atoms with E-state index < -0.39 is 0 Å². The maximum atomic E-state index is 6.18. The van der Waals surface area contributed by atoms with Crippen molar-refractivity contribution in [1.82, 2.24) is 0 Å². The quantitative estimate of drug-likeness (QED) is 0.838. The van der Waals surface area contributed by atoms with Crippen LogP contribution in [-0.4, -0.2) is 13.7 Å². The lowest BCUT2D eigenvalue weighted by atomic mass is 9.77. The van der Waals surface area contributed by atoms with Crippen molar-refractivity contribution in [3.63, 3.8) is 0 Å². The van der Waals surface area contributed by atoms with Crippen molar-refractivity contribution in [2.45, 2.75) is 62.7 Å². The van der Waals surface area contributed by atoms with Crippen LogP contribution in [0.1, 0.15) is 68.4 Å². The Morgan fingerprint density at radius 1 is 1.19 bits per heavy atom. The molecule has 2 N–H and O–H groups in total. The van der Waals surface area contributed by atoms with Crippen LogP contribution in [0.3, 0.4) is 0 Å². The van der Waals surface area contributed by atoms with Gasteiger partial charge in [0.1, 0.15) is 5.75 Å². The number of hydrogen-bond donors (Lipinski definition) is 1. The second kappa shape index (κ2) is 6.29. The molecule has 0 bridgehead atoms. The van der Waals surface area contributed by atoms with Crippen molar-refractivity contribution < 1.29 is 4.74 Å². The van der Waals surface area contributed by atoms with Gasteiger partial charge >= 0.3 is 0 Å². The molecule has 0 heterocycles. The van der Waals surface area contributed by atoms with Gasteiger partial charge in [0.15, 0.2) is 0 Å². The number of methoxy groups -OCH3 is 1. The molecule has 2 saturated carbocycles. The zero-order chi connectivity index (χ0) is 14.9. The highest BCUT2D eigenvalue weighted by atomic mass is 79.9. The second-order valence-corrected chi connectivity index (χ2v) is 7.61. The number of nitrogens with two attached hydrogens (primary N) is 1. The first-order chi connectivity index (χ1) is 10.2. The van der Waals surface area contributed by atoms with Crippen LogP contribution in [-0.2, 0) is 5.41 Å². The summed E-state index contributed by atoms with van der Waals surface area (Å²) >= 11 is 3.74. The number of rotatable bonds is 4. The number of ether oxygens (including phenoxy) is 1. The van der Waals surface area contributed by atoms with E-state index in [1.165, 1.54) is 62.5 Å². The Hall–Kier alpha value is -0.540. The normalized spacial score (nSPS) is 21.9. The fraction of sp³-hybridized carbons (Fsp3) is 0.667. The molecule has 116 valence electrons. The molecule has 0 amide bonds. The van der Waals surface area contributed by atoms with Gasteiger partial charge < -0.3 is 10.5 Å². The molecule has 1 aromatic rings. The Morgan fingerprint density at radius 2 is 1.86 bits per heavy atom. The molecule has 3 heteroatoms. The third kappa shape index (κ3) is 2.75. The molecule has 2 fully saturated rings. The molecule has 0 unspecified atom stereocenters. The molecule has 3 rings (SSSR count). The number of hydrogen-bond acceptors (Lipinski definition) is 2. The molecule has 0 saturated heterocycles. The minimum absolute atomic E-state index is 0.197. The predicted octanol–water partition coefficient (Wildman–Crippen LogP) is 4.89. The first-order valence-corrected chi connectivity index (χ1v) is 9.07. The SMILES string of the molecule is COc1c(Br)cc(C2(CN)CCCC2)cc1C1CCCC1. The van der Waals surface area contributed by atoms with Crippen LogP contribution in [0.5, 0.6) is 5.75 Å². The molecule has 0 spiro atoms. The Balaban J connectivity index is 2.06. The highest BCUT2D eigenvalue weighted by Gasteiger charge is 2.36. The summed E-state index contributed by atoms with van der Waals surface area (Å²) in [4.78, 5) is 0. The van der Waals surface area contributed by atoms with Crippen LogP contribution in [0.25, 0.3) is 0 Å². The molecule has 21 heavy (non-hydrogen) atoms. The Kier molecular flexibility index (Phi) is 4.60. The third-order valence-corrected chi connectivity index (χ3v) is 6.22. The van der Waals surface area contributed by atoms with E-state index in [4.69, 9.17) is 10.5 Å². The van der Waals surface area contributed by atoms with E-state index in [1.807, 2.05) is 0 Å². The molecule has 0 atom stereocenters. The Bertz CT molecular complexity index is 502. The lowest BCUT2D eigenvalue weighted by Gasteiger charge is -2.30. The lowest BCUT2D eigenvalue weighted by Crippen LogP contribution is -2.32. The summed E-state index contributed by atoms with van der Waals surface area (Å²) in [6.45, 7) is 0.760. The van der Waals surface area contributed by atoms with Gasteiger partial charge in [-0.2, -0.15) is 0 Å². The highest BCUT2D eigenvalue weighted by molar-refractivity contribution is 9.10. The Labute approximate surface area is 136 Å². The zero-order valence-electron chi connectivity index (χ0n) is 13.0. The van der Waals surface area contributed by atoms with Crippen molar-refractivity contribution in [3.8, 4) is 5.75 Å². The van der Waals surface area contributed by atoms with Crippen LogP contribution in [0.4, 0.5) is 0 Å². The molecular formula is C18H26BrNO. The van der Waals surface area contributed by atoms with Gasteiger partial charge in [0.2, 0.25) is 0 Å². The smallest absolute Gasteiger partial charge is 0.136 e. The zero-order valence-corrected chi connectivity index (χ0v) is 14.5. The summed E-state index contributed by atoms with van der Waals surface area (Å²) in [5, 5.41) is 0. The van der Waals surface area contributed by atoms with Gasteiger partial charge in [0.05, 0.1) is 11.6 Å². The highest BCUT2D eigenvalue weighted by Crippen LogP contribution is 2.47. The minimum atomic E-state index is 0.197. The van der Waals surface area contributed by atoms with Gasteiger partial charge in [-0.3, -0.25) is 0 Å². The van der Waals surface area contributed by atoms with Crippen molar-refractivity contribution in [3.05, 3.63) is 27.7 Å². The second-order valence-electron chi connectivity index (χ2n) is 6.75. The van der Waals surface area contributed by atoms with Crippen molar-refractivity contribution in [2.75, 3.05) is 13.7 Å². The van der Waals surface area contributed by atoms with Gasteiger partial charge in [0.25, 0.3) is 0 Å². The van der Waals surface area contributed by atoms with Gasteiger partial charge in [0, 0.05) is 12.0 Å². The monoisotopic (exact) mass is 351 g/mol. The fourth-order valence-electron chi connectivity index (χ4n) is 4.34. The van der Waals surface area contributed by atoms with Gasteiger partial charge in [-0.25, -0.2) is 0 Å². The fourth-order valence-corrected chi connectivity index (χ4v) is 4.98. The summed E-state index contributed by atoms with van der Waals surface area (Å²) < 4.78 is 6.80. The first kappa shape index (κ1) is 15.4. The molecule has 1 aromatic carbocycles. The predicted molar refractivity (Wildman–Crippen MR) is 91.1 cm³/mol. The van der Waals surface area contributed by atoms with Crippen molar-refractivity contribution in [1.29, 1.82) is 0 Å². The summed E-state index contributed by atoms with van der Waals surface area (Å²) in [6, 6.07) is 4.67. The van der Waals surface area contributed by atoms with E-state index in [2.05, 4.69) is 28.1 Å². The van der Waals surface area contributed by atoms with Crippen LogP contribution in [0, 0.1) is 0 Å². The summed E-state index contributed by atoms with van der Waals surface area (Å²) in [7, 11) is 1.78. The number of halogens is 1. The average Bonchev–Trinajstić information content (AvgIpc) is 3.18. The molecule has 0 aliphatic heterocycles. The topological polar surface area (TPSA) is 35.2 Å². The molecule has 0 aromatic heterocycles. The third-order valence-electron chi connectivity index (χ3n) is 5.64. The minimum Gasteiger partial charge on any atom is -0.495 e. The van der Waals surface area contributed by atoms with Gasteiger partial charge in [-0.1, -0.05) is 31.7 Å². The van der Waals surface area contributed by atoms with Gasteiger partial charge in [-0.05, 0) is 64.7 Å². The van der Waals surface area contributed by atoms with E-state index in [0.29, 0.717) is 5.92 Å². The van der Waals surface area contributed by atoms with Crippen molar-refractivity contribution in [2.24, 2.45) is 5.73 Å². The summed E-state index contributed by atoms with van der Waals surface area (Å²) in [5.41, 5.74) is 9.20. The average molecular weight is 352 g/mol. The van der Waals surface area contributed by atoms with E-state index in [0.717, 1.165) is 16.8 Å². The maximum Gasteiger partial charge on any atom is 0.136 e. The van der Waals surface area contributed by atoms with Gasteiger partial charge in [-0.15, -0.1) is 0 Å². The summed E-state index contributed by atoms with van der Waals surface area (Å²) in [6.07, 6.45) is 10.3. The first-order valence-electron chi connectivity index (χ1n) is 8.28. The van der Waals surface area contributed by atoms with E-state index in [9.17, 15) is 0 Å². The van der Waals surface area contributed by atoms with E-state index in [1.54, 1.807) is 7.11 Å². The molecule has 2 aliphatic carbocycles. The molecule has 2 nitrogen and oxygen atoms in total. The Morgan fingerprint density at radius 3 is 2.43 bits per heavy atom. The van der Waals surface area contributed by atoms with E-state index in [-0.39, 0.29) is 5.41 Å². The van der Waals surface area contributed by atoms with Crippen LogP contribution in [0.2, 0.25) is 0 Å². The van der Waals surface area contributed by atoms with E-state index >= 15 is 0 Å². The molecule has 2 aliphatic rings. The summed E-state index contributed by atoms with van der Waals surface area (Å²) in [5.74, 6) is 1.70.